The van der Waals surface area contributed by atoms with E-state index in [1.807, 2.05) is 0 Å². The molecule has 0 radical (unpaired) electrons. The summed E-state index contributed by atoms with van der Waals surface area (Å²) in [4.78, 5) is 26.0. The molecular formula is C20H17FN2O3. The summed E-state index contributed by atoms with van der Waals surface area (Å²) in [6.07, 6.45) is 1.44. The average Bonchev–Trinajstić information content (AvgIpc) is 3.19. The van der Waals surface area contributed by atoms with Crippen LogP contribution in [0.5, 0.6) is 0 Å². The molecule has 1 aromatic heterocycles. The summed E-state index contributed by atoms with van der Waals surface area (Å²) in [5, 5.41) is 3.36. The first kappa shape index (κ1) is 16.3. The van der Waals surface area contributed by atoms with E-state index in [1.165, 1.54) is 18.2 Å². The fourth-order valence-electron chi connectivity index (χ4n) is 3.24. The van der Waals surface area contributed by atoms with Crippen LogP contribution < -0.4 is 10.2 Å². The van der Waals surface area contributed by atoms with Gasteiger partial charge < -0.3 is 14.6 Å². The van der Waals surface area contributed by atoms with Gasteiger partial charge in [0.2, 0.25) is 5.91 Å². The Balaban J connectivity index is 1.55. The highest BCUT2D eigenvalue weighted by molar-refractivity contribution is 6.06. The Morgan fingerprint density at radius 1 is 1.19 bits per heavy atom. The van der Waals surface area contributed by atoms with Gasteiger partial charge in [-0.15, -0.1) is 0 Å². The molecular weight excluding hydrogens is 335 g/mol. The van der Waals surface area contributed by atoms with Crippen LogP contribution in [0.1, 0.15) is 29.0 Å². The van der Waals surface area contributed by atoms with E-state index >= 15 is 0 Å². The molecule has 0 saturated carbocycles. The molecule has 0 spiro atoms. The molecule has 0 aliphatic carbocycles. The molecule has 1 N–H and O–H groups in total. The fourth-order valence-corrected chi connectivity index (χ4v) is 3.24. The number of amides is 2. The van der Waals surface area contributed by atoms with E-state index in [4.69, 9.17) is 4.42 Å². The number of nitrogens with one attached hydrogen (secondary N) is 1. The maximum Gasteiger partial charge on any atom is 0.291 e. The SMILES string of the molecule is Cc1c(C(=O)Nc2ccc(N3CCCC3=O)cc2)oc2ccc(F)cc12. The fraction of sp³-hybridized carbons (Fsp3) is 0.200. The highest BCUT2D eigenvalue weighted by Gasteiger charge is 2.22. The molecule has 26 heavy (non-hydrogen) atoms. The number of hydrogen-bond donors (Lipinski definition) is 1. The minimum Gasteiger partial charge on any atom is -0.451 e. The second-order valence-electron chi connectivity index (χ2n) is 6.35. The number of anilines is 2. The molecule has 4 rings (SSSR count). The van der Waals surface area contributed by atoms with Crippen LogP contribution in [0.25, 0.3) is 11.0 Å². The number of benzene rings is 2. The van der Waals surface area contributed by atoms with E-state index in [2.05, 4.69) is 5.32 Å². The Kier molecular flexibility index (Phi) is 3.95. The van der Waals surface area contributed by atoms with Crippen LogP contribution in [0.3, 0.4) is 0 Å². The molecule has 1 aliphatic heterocycles. The minimum absolute atomic E-state index is 0.118. The van der Waals surface area contributed by atoms with Gasteiger partial charge in [0, 0.05) is 35.3 Å². The monoisotopic (exact) mass is 352 g/mol. The van der Waals surface area contributed by atoms with Crippen LogP contribution in [0, 0.1) is 12.7 Å². The second kappa shape index (κ2) is 6.29. The van der Waals surface area contributed by atoms with E-state index in [1.54, 1.807) is 36.1 Å². The molecule has 1 fully saturated rings. The standard InChI is InChI=1S/C20H17FN2O3/c1-12-16-11-13(21)4-9-17(16)26-19(12)20(25)22-14-5-7-15(8-6-14)23-10-2-3-18(23)24/h4-9,11H,2-3,10H2,1H3,(H,22,25). The van der Waals surface area contributed by atoms with Gasteiger partial charge in [-0.05, 0) is 55.8 Å². The summed E-state index contributed by atoms with van der Waals surface area (Å²) in [6, 6.07) is 11.3. The van der Waals surface area contributed by atoms with Crippen LogP contribution >= 0.6 is 0 Å². The summed E-state index contributed by atoms with van der Waals surface area (Å²) in [5.74, 6) is -0.499. The van der Waals surface area contributed by atoms with Crippen molar-refractivity contribution in [3.8, 4) is 0 Å². The molecule has 5 nitrogen and oxygen atoms in total. The van der Waals surface area contributed by atoms with Gasteiger partial charge in [0.1, 0.15) is 11.4 Å². The van der Waals surface area contributed by atoms with Gasteiger partial charge in [-0.1, -0.05) is 0 Å². The average molecular weight is 352 g/mol. The summed E-state index contributed by atoms with van der Waals surface area (Å²) >= 11 is 0. The van der Waals surface area contributed by atoms with Crippen molar-refractivity contribution in [3.05, 3.63) is 59.6 Å². The molecule has 0 unspecified atom stereocenters. The predicted octanol–water partition coefficient (Wildman–Crippen LogP) is 4.26. The molecule has 6 heteroatoms. The Morgan fingerprint density at radius 3 is 2.65 bits per heavy atom. The number of carbonyl (C=O) groups is 2. The number of rotatable bonds is 3. The van der Waals surface area contributed by atoms with Gasteiger partial charge in [0.15, 0.2) is 5.76 Å². The van der Waals surface area contributed by atoms with Crippen molar-refractivity contribution in [2.45, 2.75) is 19.8 Å². The second-order valence-corrected chi connectivity index (χ2v) is 6.35. The van der Waals surface area contributed by atoms with Crippen LogP contribution in [0.2, 0.25) is 0 Å². The van der Waals surface area contributed by atoms with E-state index < -0.39 is 5.91 Å². The van der Waals surface area contributed by atoms with Crippen LogP contribution in [-0.2, 0) is 4.79 Å². The lowest BCUT2D eigenvalue weighted by Crippen LogP contribution is -2.23. The third kappa shape index (κ3) is 2.83. The highest BCUT2D eigenvalue weighted by Crippen LogP contribution is 2.27. The zero-order valence-electron chi connectivity index (χ0n) is 14.2. The Labute approximate surface area is 149 Å². The topological polar surface area (TPSA) is 62.6 Å². The zero-order valence-corrected chi connectivity index (χ0v) is 14.2. The Morgan fingerprint density at radius 2 is 1.96 bits per heavy atom. The normalized spacial score (nSPS) is 14.2. The van der Waals surface area contributed by atoms with Crippen LogP contribution in [0.4, 0.5) is 15.8 Å². The van der Waals surface area contributed by atoms with Crippen LogP contribution in [0.15, 0.2) is 46.9 Å². The van der Waals surface area contributed by atoms with Crippen molar-refractivity contribution in [1.82, 2.24) is 0 Å². The van der Waals surface area contributed by atoms with Crippen molar-refractivity contribution in [1.29, 1.82) is 0 Å². The van der Waals surface area contributed by atoms with Crippen molar-refractivity contribution in [2.24, 2.45) is 0 Å². The predicted molar refractivity (Wildman–Crippen MR) is 96.9 cm³/mol. The number of hydrogen-bond acceptors (Lipinski definition) is 3. The number of nitrogens with zero attached hydrogens (tertiary/aromatic N) is 1. The smallest absolute Gasteiger partial charge is 0.291 e. The Hall–Kier alpha value is -3.15. The molecule has 1 saturated heterocycles. The number of carbonyl (C=O) groups excluding carboxylic acids is 2. The lowest BCUT2D eigenvalue weighted by molar-refractivity contribution is -0.117. The summed E-state index contributed by atoms with van der Waals surface area (Å²) < 4.78 is 19.0. The van der Waals surface area contributed by atoms with E-state index in [-0.39, 0.29) is 17.5 Å². The molecule has 3 aromatic rings. The molecule has 132 valence electrons. The number of halogens is 1. The van der Waals surface area contributed by atoms with Gasteiger partial charge >= 0.3 is 0 Å². The van der Waals surface area contributed by atoms with Gasteiger partial charge in [0.05, 0.1) is 0 Å². The number of fused-ring (bicyclic) bond motifs is 1. The lowest BCUT2D eigenvalue weighted by Gasteiger charge is -2.16. The summed E-state index contributed by atoms with van der Waals surface area (Å²) in [5.41, 5.74) is 2.48. The van der Waals surface area contributed by atoms with E-state index in [0.717, 1.165) is 18.7 Å². The number of furan rings is 1. The molecule has 2 aromatic carbocycles. The van der Waals surface area contributed by atoms with Crippen molar-refractivity contribution in [3.63, 3.8) is 0 Å². The van der Waals surface area contributed by atoms with Gasteiger partial charge in [-0.25, -0.2) is 4.39 Å². The molecule has 1 aliphatic rings. The summed E-state index contributed by atoms with van der Waals surface area (Å²) in [7, 11) is 0. The quantitative estimate of drug-likeness (QED) is 0.766. The summed E-state index contributed by atoms with van der Waals surface area (Å²) in [6.45, 7) is 2.45. The first-order valence-electron chi connectivity index (χ1n) is 8.43. The molecule has 2 amide bonds. The van der Waals surface area contributed by atoms with Crippen molar-refractivity contribution in [2.75, 3.05) is 16.8 Å². The molecule has 2 heterocycles. The first-order chi connectivity index (χ1) is 12.5. The largest absolute Gasteiger partial charge is 0.451 e. The van der Waals surface area contributed by atoms with Gasteiger partial charge in [-0.2, -0.15) is 0 Å². The van der Waals surface area contributed by atoms with E-state index in [9.17, 15) is 14.0 Å². The third-order valence-corrected chi connectivity index (χ3v) is 4.61. The van der Waals surface area contributed by atoms with E-state index in [0.29, 0.717) is 28.6 Å². The number of aryl methyl sites for hydroxylation is 1. The van der Waals surface area contributed by atoms with Crippen LogP contribution in [-0.4, -0.2) is 18.4 Å². The van der Waals surface area contributed by atoms with Gasteiger partial charge in [0.25, 0.3) is 5.91 Å². The lowest BCUT2D eigenvalue weighted by atomic mass is 10.1. The molecule has 0 atom stereocenters. The van der Waals surface area contributed by atoms with Crippen molar-refractivity contribution >= 4 is 34.2 Å². The zero-order chi connectivity index (χ0) is 18.3. The van der Waals surface area contributed by atoms with Gasteiger partial charge in [-0.3, -0.25) is 9.59 Å². The first-order valence-corrected chi connectivity index (χ1v) is 8.43. The maximum atomic E-state index is 13.4. The maximum absolute atomic E-state index is 13.4. The molecule has 0 bridgehead atoms. The third-order valence-electron chi connectivity index (χ3n) is 4.61. The Bertz CT molecular complexity index is 1010. The highest BCUT2D eigenvalue weighted by atomic mass is 19.1. The van der Waals surface area contributed by atoms with Crippen molar-refractivity contribution < 1.29 is 18.4 Å². The minimum atomic E-state index is -0.399.